The van der Waals surface area contributed by atoms with Crippen LogP contribution < -0.4 is 15.6 Å². The molecule has 0 bridgehead atoms. The van der Waals surface area contributed by atoms with E-state index < -0.39 is 0 Å². The third-order valence-corrected chi connectivity index (χ3v) is 4.74. The molecule has 2 heterocycles. The van der Waals surface area contributed by atoms with E-state index in [1.54, 1.807) is 16.8 Å². The molecule has 0 aliphatic carbocycles. The lowest BCUT2D eigenvalue weighted by Crippen LogP contribution is -2.29. The molecule has 0 spiro atoms. The molecule has 1 amide bonds. The first kappa shape index (κ1) is 21.5. The lowest BCUT2D eigenvalue weighted by atomic mass is 10.0. The first-order valence-electron chi connectivity index (χ1n) is 10.3. The highest BCUT2D eigenvalue weighted by Crippen LogP contribution is 2.15. The Morgan fingerprint density at radius 3 is 2.53 bits per heavy atom. The van der Waals surface area contributed by atoms with E-state index in [4.69, 9.17) is 4.74 Å². The molecule has 0 aliphatic rings. The van der Waals surface area contributed by atoms with Gasteiger partial charge in [-0.2, -0.15) is 0 Å². The van der Waals surface area contributed by atoms with Crippen LogP contribution in [0.2, 0.25) is 0 Å². The van der Waals surface area contributed by atoms with Crippen LogP contribution in [0.3, 0.4) is 0 Å². The highest BCUT2D eigenvalue weighted by molar-refractivity contribution is 5.76. The number of hydrogen-bond donors (Lipinski definition) is 1. The van der Waals surface area contributed by atoms with Crippen LogP contribution in [0.25, 0.3) is 11.3 Å². The monoisotopic (exact) mass is 411 g/mol. The van der Waals surface area contributed by atoms with E-state index in [1.165, 1.54) is 4.57 Å². The van der Waals surface area contributed by atoms with Crippen LogP contribution >= 0.6 is 0 Å². The van der Waals surface area contributed by atoms with Crippen LogP contribution in [0.15, 0.2) is 41.5 Å². The predicted octanol–water partition coefficient (Wildman–Crippen LogP) is 2.62. The minimum Gasteiger partial charge on any atom is -0.494 e. The molecule has 0 saturated carbocycles. The number of rotatable bonds is 9. The van der Waals surface area contributed by atoms with E-state index in [9.17, 15) is 9.59 Å². The second-order valence-corrected chi connectivity index (χ2v) is 7.92. The largest absolute Gasteiger partial charge is 0.494 e. The van der Waals surface area contributed by atoms with Gasteiger partial charge in [-0.3, -0.25) is 18.6 Å². The van der Waals surface area contributed by atoms with Crippen molar-refractivity contribution in [3.05, 3.63) is 52.8 Å². The first-order chi connectivity index (χ1) is 14.4. The van der Waals surface area contributed by atoms with Gasteiger partial charge in [-0.1, -0.05) is 20.8 Å². The number of carbonyl (C=O) groups is 1. The molecule has 1 atom stereocenters. The Balaban J connectivity index is 1.75. The highest BCUT2D eigenvalue weighted by Gasteiger charge is 2.16. The number of hydrogen-bond acceptors (Lipinski definition) is 5. The van der Waals surface area contributed by atoms with Crippen LogP contribution in [-0.4, -0.2) is 38.2 Å². The van der Waals surface area contributed by atoms with E-state index in [2.05, 4.69) is 29.4 Å². The Kier molecular flexibility index (Phi) is 6.87. The molecule has 8 nitrogen and oxygen atoms in total. The summed E-state index contributed by atoms with van der Waals surface area (Å²) in [6.45, 7) is 9.31. The number of fused-ring (bicyclic) bond motifs is 1. The summed E-state index contributed by atoms with van der Waals surface area (Å²) in [6, 6.07) is 7.32. The first-order valence-corrected chi connectivity index (χ1v) is 10.3. The molecule has 2 aromatic heterocycles. The summed E-state index contributed by atoms with van der Waals surface area (Å²) in [6.07, 6.45) is 4.46. The third kappa shape index (κ3) is 5.06. The molecule has 0 saturated heterocycles. The standard InChI is InChI=1S/C22H29N5O3/c1-5-30-18-8-6-17(7-9-18)26-10-11-27-19(24-25-21(27)22(26)29)12-16(4)13-20(28)23-14-15(2)3/h6-11,15-16H,5,12-14H2,1-4H3,(H,23,28)/t16-/m1/s1. The molecular weight excluding hydrogens is 382 g/mol. The predicted molar refractivity (Wildman–Crippen MR) is 115 cm³/mol. The molecule has 8 heteroatoms. The zero-order valence-corrected chi connectivity index (χ0v) is 18.0. The van der Waals surface area contributed by atoms with Crippen molar-refractivity contribution >= 4 is 11.6 Å². The van der Waals surface area contributed by atoms with E-state index in [0.29, 0.717) is 37.7 Å². The Hall–Kier alpha value is -3.16. The second kappa shape index (κ2) is 9.56. The summed E-state index contributed by atoms with van der Waals surface area (Å²) in [4.78, 5) is 25.0. The van der Waals surface area contributed by atoms with Gasteiger partial charge in [0.25, 0.3) is 0 Å². The molecule has 0 radical (unpaired) electrons. The van der Waals surface area contributed by atoms with Gasteiger partial charge >= 0.3 is 5.56 Å². The Labute approximate surface area is 175 Å². The molecule has 1 N–H and O–H groups in total. The van der Waals surface area contributed by atoms with E-state index >= 15 is 0 Å². The molecule has 0 fully saturated rings. The van der Waals surface area contributed by atoms with Gasteiger partial charge in [-0.15, -0.1) is 10.2 Å². The molecule has 3 rings (SSSR count). The number of aromatic nitrogens is 4. The van der Waals surface area contributed by atoms with Gasteiger partial charge in [0, 0.05) is 37.5 Å². The zero-order valence-electron chi connectivity index (χ0n) is 18.0. The average molecular weight is 412 g/mol. The quantitative estimate of drug-likeness (QED) is 0.585. The van der Waals surface area contributed by atoms with Crippen molar-refractivity contribution in [2.45, 2.75) is 40.5 Å². The summed E-state index contributed by atoms with van der Waals surface area (Å²) in [5.41, 5.74) is 0.742. The van der Waals surface area contributed by atoms with Gasteiger partial charge in [0.1, 0.15) is 11.6 Å². The Morgan fingerprint density at radius 2 is 1.87 bits per heavy atom. The zero-order chi connectivity index (χ0) is 21.7. The van der Waals surface area contributed by atoms with Gasteiger partial charge in [0.05, 0.1) is 6.61 Å². The average Bonchev–Trinajstić information content (AvgIpc) is 3.11. The summed E-state index contributed by atoms with van der Waals surface area (Å²) < 4.78 is 8.69. The van der Waals surface area contributed by atoms with E-state index in [1.807, 2.05) is 38.1 Å². The maximum atomic E-state index is 12.9. The topological polar surface area (TPSA) is 90.5 Å². The van der Waals surface area contributed by atoms with Crippen molar-refractivity contribution in [3.8, 4) is 11.4 Å². The Morgan fingerprint density at radius 1 is 1.13 bits per heavy atom. The summed E-state index contributed by atoms with van der Waals surface area (Å²) >= 11 is 0. The molecule has 1 aromatic carbocycles. The van der Waals surface area contributed by atoms with Crippen molar-refractivity contribution in [3.63, 3.8) is 0 Å². The van der Waals surface area contributed by atoms with Gasteiger partial charge in [-0.05, 0) is 43.0 Å². The third-order valence-electron chi connectivity index (χ3n) is 4.74. The van der Waals surface area contributed by atoms with Crippen LogP contribution in [0.4, 0.5) is 0 Å². The molecule has 30 heavy (non-hydrogen) atoms. The van der Waals surface area contributed by atoms with Gasteiger partial charge in [0.2, 0.25) is 11.6 Å². The summed E-state index contributed by atoms with van der Waals surface area (Å²) in [5, 5.41) is 11.2. The van der Waals surface area contributed by atoms with Crippen molar-refractivity contribution < 1.29 is 9.53 Å². The molecule has 160 valence electrons. The van der Waals surface area contributed by atoms with Crippen molar-refractivity contribution in [2.75, 3.05) is 13.2 Å². The number of ether oxygens (including phenoxy) is 1. The van der Waals surface area contributed by atoms with Crippen LogP contribution in [0.1, 0.15) is 39.9 Å². The van der Waals surface area contributed by atoms with Gasteiger partial charge in [0.15, 0.2) is 0 Å². The van der Waals surface area contributed by atoms with Crippen LogP contribution in [0.5, 0.6) is 5.75 Å². The molecule has 0 unspecified atom stereocenters. The van der Waals surface area contributed by atoms with Crippen LogP contribution in [-0.2, 0) is 11.2 Å². The number of nitrogens with one attached hydrogen (secondary N) is 1. The lowest BCUT2D eigenvalue weighted by molar-refractivity contribution is -0.122. The Bertz CT molecular complexity index is 1050. The highest BCUT2D eigenvalue weighted by atomic mass is 16.5. The summed E-state index contributed by atoms with van der Waals surface area (Å²) in [5.74, 6) is 1.96. The SMILES string of the molecule is CCOc1ccc(-n2ccn3c(C[C@@H](C)CC(=O)NCC(C)C)nnc3c2=O)cc1. The van der Waals surface area contributed by atoms with Gasteiger partial charge in [-0.25, -0.2) is 0 Å². The minimum absolute atomic E-state index is 0.0304. The summed E-state index contributed by atoms with van der Waals surface area (Å²) in [7, 11) is 0. The van der Waals surface area contributed by atoms with Crippen LogP contribution in [0, 0.1) is 11.8 Å². The fourth-order valence-corrected chi connectivity index (χ4v) is 3.24. The molecular formula is C22H29N5O3. The fourth-order valence-electron chi connectivity index (χ4n) is 3.24. The number of amides is 1. The van der Waals surface area contributed by atoms with Crippen molar-refractivity contribution in [1.29, 1.82) is 0 Å². The van der Waals surface area contributed by atoms with Gasteiger partial charge < -0.3 is 10.1 Å². The molecule has 0 aliphatic heterocycles. The minimum atomic E-state index is -0.247. The maximum absolute atomic E-state index is 12.9. The number of nitrogens with zero attached hydrogens (tertiary/aromatic N) is 4. The maximum Gasteiger partial charge on any atom is 0.300 e. The smallest absolute Gasteiger partial charge is 0.300 e. The second-order valence-electron chi connectivity index (χ2n) is 7.92. The van der Waals surface area contributed by atoms with E-state index in [-0.39, 0.29) is 23.0 Å². The van der Waals surface area contributed by atoms with Crippen molar-refractivity contribution in [2.24, 2.45) is 11.8 Å². The fraction of sp³-hybridized carbons (Fsp3) is 0.455. The molecule has 3 aromatic rings. The van der Waals surface area contributed by atoms with E-state index in [0.717, 1.165) is 11.4 Å². The lowest BCUT2D eigenvalue weighted by Gasteiger charge is -2.12. The normalized spacial score (nSPS) is 12.3. The van der Waals surface area contributed by atoms with Crippen molar-refractivity contribution in [1.82, 2.24) is 24.5 Å². The number of carbonyl (C=O) groups excluding carboxylic acids is 1. The number of benzene rings is 1.